The van der Waals surface area contributed by atoms with E-state index in [1.54, 1.807) is 11.3 Å². The molecule has 6 rings (SSSR count). The summed E-state index contributed by atoms with van der Waals surface area (Å²) in [5.74, 6) is 1.17. The summed E-state index contributed by atoms with van der Waals surface area (Å²) in [6.45, 7) is 5.02. The van der Waals surface area contributed by atoms with Crippen molar-refractivity contribution in [3.8, 4) is 11.5 Å². The minimum atomic E-state index is -0.277. The number of aromatic nitrogens is 1. The molecule has 2 aromatic heterocycles. The third kappa shape index (κ3) is 4.00. The summed E-state index contributed by atoms with van der Waals surface area (Å²) in [6.07, 6.45) is 0.815. The number of thiophene rings is 1. The minimum Gasteiger partial charge on any atom is -0.462 e. The van der Waals surface area contributed by atoms with Gasteiger partial charge in [-0.1, -0.05) is 41.7 Å². The third-order valence-electron chi connectivity index (χ3n) is 5.97. The molecule has 0 spiro atoms. The number of carbonyl (C=O) groups is 1. The number of nitrogens with one attached hydrogen (secondary N) is 1. The maximum absolute atomic E-state index is 13.0. The fourth-order valence-electron chi connectivity index (χ4n) is 4.41. The number of fused-ring (bicyclic) bond motifs is 3. The van der Waals surface area contributed by atoms with Crippen LogP contribution < -0.4 is 14.8 Å². The SMILES string of the molecule is CCOC(=O)c1c(Nc2nc3cc4c(cc3s2)OCO4)sc2c1CCN(Cc1ccccc1)C2. The highest BCUT2D eigenvalue weighted by Crippen LogP contribution is 2.42. The van der Waals surface area contributed by atoms with E-state index in [2.05, 4.69) is 34.5 Å². The van der Waals surface area contributed by atoms with Crippen LogP contribution in [0.4, 0.5) is 10.1 Å². The normalized spacial score (nSPS) is 14.9. The lowest BCUT2D eigenvalue weighted by molar-refractivity contribution is 0.0526. The molecule has 1 N–H and O–H groups in total. The highest BCUT2D eigenvalue weighted by molar-refractivity contribution is 7.23. The van der Waals surface area contributed by atoms with Crippen LogP contribution in [-0.4, -0.2) is 35.8 Å². The molecular formula is C25H23N3O4S2. The Bertz CT molecular complexity index is 1320. The highest BCUT2D eigenvalue weighted by Gasteiger charge is 2.29. The van der Waals surface area contributed by atoms with Crippen LogP contribution in [0.25, 0.3) is 10.2 Å². The smallest absolute Gasteiger partial charge is 0.341 e. The molecule has 2 aromatic carbocycles. The Labute approximate surface area is 204 Å². The number of anilines is 2. The van der Waals surface area contributed by atoms with Crippen molar-refractivity contribution in [2.24, 2.45) is 0 Å². The van der Waals surface area contributed by atoms with E-state index in [1.807, 2.05) is 25.1 Å². The molecule has 4 heterocycles. The number of thiazole rings is 1. The Morgan fingerprint density at radius 1 is 1.18 bits per heavy atom. The standard InChI is InChI=1S/C25H23N3O4S2/c1-2-30-24(29)22-16-8-9-28(12-15-6-4-3-5-7-15)13-21(16)33-23(22)27-25-26-17-10-18-19(32-14-31-18)11-20(17)34-25/h3-7,10-11H,2,8-9,12-14H2,1H3,(H,26,27). The van der Waals surface area contributed by atoms with Crippen molar-refractivity contribution in [1.82, 2.24) is 9.88 Å². The van der Waals surface area contributed by atoms with Gasteiger partial charge in [-0.3, -0.25) is 4.90 Å². The zero-order valence-corrected chi connectivity index (χ0v) is 20.3. The van der Waals surface area contributed by atoms with E-state index in [-0.39, 0.29) is 12.8 Å². The van der Waals surface area contributed by atoms with E-state index in [4.69, 9.17) is 19.2 Å². The summed E-state index contributed by atoms with van der Waals surface area (Å²) in [5.41, 5.74) is 3.87. The zero-order valence-electron chi connectivity index (χ0n) is 18.6. The van der Waals surface area contributed by atoms with Gasteiger partial charge in [0.1, 0.15) is 5.00 Å². The van der Waals surface area contributed by atoms with Gasteiger partial charge in [0.2, 0.25) is 6.79 Å². The van der Waals surface area contributed by atoms with Crippen LogP contribution in [0.3, 0.4) is 0 Å². The molecule has 0 aliphatic carbocycles. The van der Waals surface area contributed by atoms with Crippen LogP contribution in [0.5, 0.6) is 11.5 Å². The van der Waals surface area contributed by atoms with Crippen molar-refractivity contribution >= 4 is 49.0 Å². The van der Waals surface area contributed by atoms with Crippen molar-refractivity contribution < 1.29 is 19.0 Å². The summed E-state index contributed by atoms with van der Waals surface area (Å²) in [5, 5.41) is 4.94. The van der Waals surface area contributed by atoms with Crippen LogP contribution in [0.15, 0.2) is 42.5 Å². The monoisotopic (exact) mass is 493 g/mol. The van der Waals surface area contributed by atoms with Gasteiger partial charge >= 0.3 is 5.97 Å². The maximum atomic E-state index is 13.0. The van der Waals surface area contributed by atoms with Crippen molar-refractivity contribution in [3.63, 3.8) is 0 Å². The Kier molecular flexibility index (Phi) is 5.60. The highest BCUT2D eigenvalue weighted by atomic mass is 32.1. The van der Waals surface area contributed by atoms with Crippen LogP contribution in [0, 0.1) is 0 Å². The van der Waals surface area contributed by atoms with E-state index in [0.29, 0.717) is 17.9 Å². The molecule has 0 fully saturated rings. The van der Waals surface area contributed by atoms with Gasteiger partial charge in [-0.25, -0.2) is 9.78 Å². The number of esters is 1. The van der Waals surface area contributed by atoms with Gasteiger partial charge in [-0.15, -0.1) is 11.3 Å². The summed E-state index contributed by atoms with van der Waals surface area (Å²) in [4.78, 5) is 21.3. The molecule has 34 heavy (non-hydrogen) atoms. The predicted molar refractivity (Wildman–Crippen MR) is 134 cm³/mol. The zero-order chi connectivity index (χ0) is 23.1. The topological polar surface area (TPSA) is 72.9 Å². The first-order valence-electron chi connectivity index (χ1n) is 11.2. The molecule has 0 unspecified atom stereocenters. The van der Waals surface area contributed by atoms with Gasteiger partial charge in [-0.2, -0.15) is 0 Å². The predicted octanol–water partition coefficient (Wildman–Crippen LogP) is 5.57. The molecule has 0 saturated carbocycles. The molecule has 0 saturated heterocycles. The summed E-state index contributed by atoms with van der Waals surface area (Å²) >= 11 is 3.15. The molecule has 2 aliphatic heterocycles. The van der Waals surface area contributed by atoms with E-state index in [9.17, 15) is 4.79 Å². The lowest BCUT2D eigenvalue weighted by Crippen LogP contribution is -2.29. The van der Waals surface area contributed by atoms with Crippen LogP contribution in [-0.2, 0) is 24.2 Å². The molecule has 0 amide bonds. The van der Waals surface area contributed by atoms with E-state index in [1.165, 1.54) is 21.8 Å². The van der Waals surface area contributed by atoms with Crippen molar-refractivity contribution in [2.75, 3.05) is 25.3 Å². The number of benzene rings is 2. The number of rotatable bonds is 6. The number of nitrogens with zero attached hydrogens (tertiary/aromatic N) is 2. The molecule has 2 aliphatic rings. The minimum absolute atomic E-state index is 0.239. The number of hydrogen-bond acceptors (Lipinski definition) is 9. The van der Waals surface area contributed by atoms with Gasteiger partial charge in [0, 0.05) is 36.6 Å². The Morgan fingerprint density at radius 2 is 2.00 bits per heavy atom. The second-order valence-electron chi connectivity index (χ2n) is 8.19. The molecule has 174 valence electrons. The first kappa shape index (κ1) is 21.4. The lowest BCUT2D eigenvalue weighted by atomic mass is 10.0. The second kappa shape index (κ2) is 8.90. The summed E-state index contributed by atoms with van der Waals surface area (Å²) < 4.78 is 17.4. The fourth-order valence-corrected chi connectivity index (χ4v) is 6.63. The Morgan fingerprint density at radius 3 is 2.82 bits per heavy atom. The van der Waals surface area contributed by atoms with E-state index in [0.717, 1.165) is 57.7 Å². The molecule has 0 radical (unpaired) electrons. The first-order valence-corrected chi connectivity index (χ1v) is 12.9. The summed E-state index contributed by atoms with van der Waals surface area (Å²) in [6, 6.07) is 14.3. The van der Waals surface area contributed by atoms with Gasteiger partial charge in [0.25, 0.3) is 0 Å². The number of ether oxygens (including phenoxy) is 3. The van der Waals surface area contributed by atoms with Gasteiger partial charge < -0.3 is 19.5 Å². The average molecular weight is 494 g/mol. The molecule has 9 heteroatoms. The number of carbonyl (C=O) groups excluding carboxylic acids is 1. The molecular weight excluding hydrogens is 470 g/mol. The first-order chi connectivity index (χ1) is 16.7. The second-order valence-corrected chi connectivity index (χ2v) is 10.3. The fraction of sp³-hybridized carbons (Fsp3) is 0.280. The summed E-state index contributed by atoms with van der Waals surface area (Å²) in [7, 11) is 0. The van der Waals surface area contributed by atoms with Gasteiger partial charge in [0.05, 0.1) is 22.4 Å². The third-order valence-corrected chi connectivity index (χ3v) is 8.03. The largest absolute Gasteiger partial charge is 0.462 e. The Balaban J connectivity index is 1.30. The molecule has 4 aromatic rings. The van der Waals surface area contributed by atoms with Gasteiger partial charge in [-0.05, 0) is 24.5 Å². The Hall–Kier alpha value is -3.14. The van der Waals surface area contributed by atoms with Crippen molar-refractivity contribution in [1.29, 1.82) is 0 Å². The van der Waals surface area contributed by atoms with Crippen LogP contribution in [0.2, 0.25) is 0 Å². The maximum Gasteiger partial charge on any atom is 0.341 e. The van der Waals surface area contributed by atoms with Crippen molar-refractivity contribution in [3.05, 3.63) is 64.0 Å². The van der Waals surface area contributed by atoms with E-state index >= 15 is 0 Å². The van der Waals surface area contributed by atoms with E-state index < -0.39 is 0 Å². The average Bonchev–Trinajstić information content (AvgIpc) is 3.53. The van der Waals surface area contributed by atoms with Crippen molar-refractivity contribution in [2.45, 2.75) is 26.4 Å². The molecule has 0 bridgehead atoms. The quantitative estimate of drug-likeness (QED) is 0.352. The van der Waals surface area contributed by atoms with Crippen LogP contribution >= 0.6 is 22.7 Å². The van der Waals surface area contributed by atoms with Gasteiger partial charge in [0.15, 0.2) is 16.6 Å². The molecule has 0 atom stereocenters. The van der Waals surface area contributed by atoms with Crippen LogP contribution in [0.1, 0.15) is 33.3 Å². The number of hydrogen-bond donors (Lipinski definition) is 1. The lowest BCUT2D eigenvalue weighted by Gasteiger charge is -2.27. The molecule has 7 nitrogen and oxygen atoms in total.